The van der Waals surface area contributed by atoms with Crippen molar-refractivity contribution in [2.24, 2.45) is 0 Å². The van der Waals surface area contributed by atoms with Gasteiger partial charge >= 0.3 is 6.03 Å². The van der Waals surface area contributed by atoms with Gasteiger partial charge in [0.15, 0.2) is 0 Å². The summed E-state index contributed by atoms with van der Waals surface area (Å²) < 4.78 is 5.69. The molecule has 0 aliphatic carbocycles. The molecule has 0 saturated carbocycles. The number of hydrogen-bond acceptors (Lipinski definition) is 4. The SMILES string of the molecule is C=CCNC(=O)N1CCC(c2nnc(C(C)C)o2)CC1. The molecule has 20 heavy (non-hydrogen) atoms. The van der Waals surface area contributed by atoms with Crippen molar-refractivity contribution in [1.82, 2.24) is 20.4 Å². The number of amides is 2. The molecule has 0 unspecified atom stereocenters. The van der Waals surface area contributed by atoms with Crippen LogP contribution >= 0.6 is 0 Å². The Bertz CT molecular complexity index is 461. The molecule has 0 radical (unpaired) electrons. The van der Waals surface area contributed by atoms with Crippen LogP contribution in [0.4, 0.5) is 4.79 Å². The van der Waals surface area contributed by atoms with Gasteiger partial charge < -0.3 is 14.6 Å². The van der Waals surface area contributed by atoms with Crippen molar-refractivity contribution in [3.8, 4) is 0 Å². The zero-order chi connectivity index (χ0) is 14.5. The van der Waals surface area contributed by atoms with Crippen LogP contribution in [0.1, 0.15) is 50.3 Å². The van der Waals surface area contributed by atoms with E-state index in [0.29, 0.717) is 31.4 Å². The monoisotopic (exact) mass is 278 g/mol. The summed E-state index contributed by atoms with van der Waals surface area (Å²) >= 11 is 0. The minimum absolute atomic E-state index is 0.0308. The first-order chi connectivity index (χ1) is 9.61. The lowest BCUT2D eigenvalue weighted by molar-refractivity contribution is 0.178. The van der Waals surface area contributed by atoms with Crippen LogP contribution in [0.5, 0.6) is 0 Å². The summed E-state index contributed by atoms with van der Waals surface area (Å²) in [6.07, 6.45) is 3.40. The third-order valence-corrected chi connectivity index (χ3v) is 3.48. The van der Waals surface area contributed by atoms with Crippen LogP contribution in [0.3, 0.4) is 0 Å². The average Bonchev–Trinajstić information content (AvgIpc) is 2.95. The molecule has 2 heterocycles. The number of piperidine rings is 1. The highest BCUT2D eigenvalue weighted by atomic mass is 16.4. The van der Waals surface area contributed by atoms with Gasteiger partial charge in [0, 0.05) is 31.5 Å². The van der Waals surface area contributed by atoms with Gasteiger partial charge in [-0.2, -0.15) is 0 Å². The number of nitrogens with one attached hydrogen (secondary N) is 1. The quantitative estimate of drug-likeness (QED) is 0.858. The van der Waals surface area contributed by atoms with Crippen LogP contribution in [-0.2, 0) is 0 Å². The molecule has 2 rings (SSSR count). The second kappa shape index (κ2) is 6.54. The highest BCUT2D eigenvalue weighted by Gasteiger charge is 2.27. The first-order valence-corrected chi connectivity index (χ1v) is 7.08. The summed E-state index contributed by atoms with van der Waals surface area (Å²) in [7, 11) is 0. The van der Waals surface area contributed by atoms with Gasteiger partial charge in [0.1, 0.15) is 0 Å². The van der Waals surface area contributed by atoms with Gasteiger partial charge in [0.25, 0.3) is 0 Å². The van der Waals surface area contributed by atoms with Gasteiger partial charge in [-0.1, -0.05) is 19.9 Å². The van der Waals surface area contributed by atoms with Crippen LogP contribution in [0.25, 0.3) is 0 Å². The lowest BCUT2D eigenvalue weighted by atomic mass is 9.97. The van der Waals surface area contributed by atoms with Crippen molar-refractivity contribution in [1.29, 1.82) is 0 Å². The largest absolute Gasteiger partial charge is 0.425 e. The summed E-state index contributed by atoms with van der Waals surface area (Å²) in [5, 5.41) is 11.0. The van der Waals surface area contributed by atoms with E-state index in [1.54, 1.807) is 6.08 Å². The van der Waals surface area contributed by atoms with Crippen molar-refractivity contribution in [2.45, 2.75) is 38.5 Å². The van der Waals surface area contributed by atoms with E-state index < -0.39 is 0 Å². The molecule has 0 bridgehead atoms. The molecular formula is C14H22N4O2. The number of urea groups is 1. The van der Waals surface area contributed by atoms with Gasteiger partial charge in [-0.25, -0.2) is 4.79 Å². The van der Waals surface area contributed by atoms with E-state index in [0.717, 1.165) is 12.8 Å². The minimum atomic E-state index is -0.0308. The molecule has 1 aliphatic heterocycles. The van der Waals surface area contributed by atoms with E-state index in [1.807, 2.05) is 18.7 Å². The van der Waals surface area contributed by atoms with Crippen molar-refractivity contribution >= 4 is 6.03 Å². The van der Waals surface area contributed by atoms with E-state index in [9.17, 15) is 4.79 Å². The van der Waals surface area contributed by atoms with Gasteiger partial charge in [-0.15, -0.1) is 16.8 Å². The van der Waals surface area contributed by atoms with Gasteiger partial charge in [0.05, 0.1) is 0 Å². The summed E-state index contributed by atoms with van der Waals surface area (Å²) in [5.41, 5.74) is 0. The molecule has 1 aromatic rings. The molecule has 0 aromatic carbocycles. The van der Waals surface area contributed by atoms with E-state index >= 15 is 0 Å². The normalized spacial score (nSPS) is 16.4. The highest BCUT2D eigenvalue weighted by molar-refractivity contribution is 5.74. The molecule has 1 aliphatic rings. The van der Waals surface area contributed by atoms with E-state index in [-0.39, 0.29) is 17.9 Å². The lowest BCUT2D eigenvalue weighted by Crippen LogP contribution is -2.44. The highest BCUT2D eigenvalue weighted by Crippen LogP contribution is 2.28. The Morgan fingerprint density at radius 2 is 2.20 bits per heavy atom. The van der Waals surface area contributed by atoms with Crippen LogP contribution in [0.15, 0.2) is 17.1 Å². The lowest BCUT2D eigenvalue weighted by Gasteiger charge is -2.30. The fourth-order valence-electron chi connectivity index (χ4n) is 2.25. The molecule has 6 heteroatoms. The zero-order valence-electron chi connectivity index (χ0n) is 12.1. The predicted molar refractivity (Wildman–Crippen MR) is 75.5 cm³/mol. The molecule has 1 N–H and O–H groups in total. The number of aromatic nitrogens is 2. The second-order valence-corrected chi connectivity index (χ2v) is 5.37. The van der Waals surface area contributed by atoms with Crippen molar-refractivity contribution in [2.75, 3.05) is 19.6 Å². The summed E-state index contributed by atoms with van der Waals surface area (Å²) in [4.78, 5) is 13.6. The number of nitrogens with zero attached hydrogens (tertiary/aromatic N) is 3. The number of carbonyl (C=O) groups excluding carboxylic acids is 1. The Hall–Kier alpha value is -1.85. The summed E-state index contributed by atoms with van der Waals surface area (Å²) in [6, 6.07) is -0.0308. The third-order valence-electron chi connectivity index (χ3n) is 3.48. The van der Waals surface area contributed by atoms with E-state index in [2.05, 4.69) is 22.1 Å². The van der Waals surface area contributed by atoms with Crippen LogP contribution in [-0.4, -0.2) is 40.8 Å². The number of carbonyl (C=O) groups is 1. The Labute approximate surface area is 119 Å². The summed E-state index contributed by atoms with van der Waals surface area (Å²) in [6.45, 7) is 9.58. The zero-order valence-corrected chi connectivity index (χ0v) is 12.1. The Kier molecular flexibility index (Phi) is 4.76. The van der Waals surface area contributed by atoms with Crippen LogP contribution in [0, 0.1) is 0 Å². The number of hydrogen-bond donors (Lipinski definition) is 1. The topological polar surface area (TPSA) is 71.3 Å². The minimum Gasteiger partial charge on any atom is -0.425 e. The van der Waals surface area contributed by atoms with Gasteiger partial charge in [-0.3, -0.25) is 0 Å². The second-order valence-electron chi connectivity index (χ2n) is 5.37. The van der Waals surface area contributed by atoms with Gasteiger partial charge in [-0.05, 0) is 12.8 Å². The smallest absolute Gasteiger partial charge is 0.317 e. The van der Waals surface area contributed by atoms with E-state index in [4.69, 9.17) is 4.42 Å². The Morgan fingerprint density at radius 3 is 2.75 bits per heavy atom. The maximum Gasteiger partial charge on any atom is 0.317 e. The first kappa shape index (κ1) is 14.6. The van der Waals surface area contributed by atoms with Crippen LogP contribution < -0.4 is 5.32 Å². The standard InChI is InChI=1S/C14H22N4O2/c1-4-7-15-14(19)18-8-5-11(6-9-18)13-17-16-12(20-13)10(2)3/h4,10-11H,1,5-9H2,2-3H3,(H,15,19). The summed E-state index contributed by atoms with van der Waals surface area (Å²) in [5.74, 6) is 1.91. The predicted octanol–water partition coefficient (Wildman–Crippen LogP) is 2.27. The fraction of sp³-hybridized carbons (Fsp3) is 0.643. The molecule has 0 spiro atoms. The van der Waals surface area contributed by atoms with Crippen molar-refractivity contribution in [3.63, 3.8) is 0 Å². The fourth-order valence-corrected chi connectivity index (χ4v) is 2.25. The number of likely N-dealkylation sites (tertiary alicyclic amines) is 1. The van der Waals surface area contributed by atoms with Crippen LogP contribution in [0.2, 0.25) is 0 Å². The maximum absolute atomic E-state index is 11.8. The van der Waals surface area contributed by atoms with E-state index in [1.165, 1.54) is 0 Å². The van der Waals surface area contributed by atoms with Gasteiger partial charge in [0.2, 0.25) is 11.8 Å². The molecule has 1 aromatic heterocycles. The molecule has 1 fully saturated rings. The molecule has 0 atom stereocenters. The molecule has 110 valence electrons. The Morgan fingerprint density at radius 1 is 1.50 bits per heavy atom. The Balaban J connectivity index is 1.87. The molecule has 1 saturated heterocycles. The van der Waals surface area contributed by atoms with Crippen molar-refractivity contribution < 1.29 is 9.21 Å². The molecular weight excluding hydrogens is 256 g/mol. The first-order valence-electron chi connectivity index (χ1n) is 7.08. The molecule has 6 nitrogen and oxygen atoms in total. The maximum atomic E-state index is 11.8. The third kappa shape index (κ3) is 3.37. The number of rotatable bonds is 4. The molecule has 2 amide bonds. The van der Waals surface area contributed by atoms with Crippen molar-refractivity contribution in [3.05, 3.63) is 24.4 Å². The average molecular weight is 278 g/mol.